The highest BCUT2D eigenvalue weighted by Crippen LogP contribution is 2.19. The van der Waals surface area contributed by atoms with Gasteiger partial charge in [0.2, 0.25) is 5.91 Å². The molecule has 0 unspecified atom stereocenters. The van der Waals surface area contributed by atoms with Crippen LogP contribution in [0.1, 0.15) is 35.4 Å². The number of ether oxygens (including phenoxy) is 1. The van der Waals surface area contributed by atoms with E-state index in [4.69, 9.17) is 4.74 Å². The summed E-state index contributed by atoms with van der Waals surface area (Å²) < 4.78 is 7.22. The number of nitrogens with zero attached hydrogens (tertiary/aromatic N) is 5. The Morgan fingerprint density at radius 1 is 1.00 bits per heavy atom. The molecule has 33 heavy (non-hydrogen) atoms. The van der Waals surface area contributed by atoms with Gasteiger partial charge >= 0.3 is 0 Å². The van der Waals surface area contributed by atoms with Crippen LogP contribution in [0, 0.1) is 13.8 Å². The van der Waals surface area contributed by atoms with E-state index in [-0.39, 0.29) is 5.91 Å². The second kappa shape index (κ2) is 11.0. The molecule has 1 saturated heterocycles. The van der Waals surface area contributed by atoms with Gasteiger partial charge in [0.05, 0.1) is 18.9 Å². The summed E-state index contributed by atoms with van der Waals surface area (Å²) in [5.41, 5.74) is 4.31. The molecule has 3 aromatic rings. The molecule has 1 N–H and O–H groups in total. The summed E-state index contributed by atoms with van der Waals surface area (Å²) >= 11 is 0. The number of rotatable bonds is 9. The Hall–Kier alpha value is -3.26. The molecule has 1 aromatic carbocycles. The average Bonchev–Trinajstić information content (AvgIpc) is 3.15. The van der Waals surface area contributed by atoms with E-state index in [1.54, 1.807) is 0 Å². The minimum atomic E-state index is 0.0734. The molecule has 174 valence electrons. The number of carbonyl (C=O) groups is 1. The molecule has 0 spiro atoms. The van der Waals surface area contributed by atoms with Gasteiger partial charge in [0.25, 0.3) is 0 Å². The number of hydrogen-bond acceptors (Lipinski definition) is 6. The lowest BCUT2D eigenvalue weighted by Gasteiger charge is -2.27. The Kier molecular flexibility index (Phi) is 7.67. The number of morpholine rings is 1. The summed E-state index contributed by atoms with van der Waals surface area (Å²) in [6.45, 7) is 7.77. The van der Waals surface area contributed by atoms with Gasteiger partial charge in [-0.1, -0.05) is 30.3 Å². The molecule has 0 atom stereocenters. The van der Waals surface area contributed by atoms with Crippen molar-refractivity contribution in [1.82, 2.24) is 25.3 Å². The van der Waals surface area contributed by atoms with Crippen molar-refractivity contribution in [3.8, 4) is 5.82 Å². The molecule has 1 fully saturated rings. The van der Waals surface area contributed by atoms with E-state index in [9.17, 15) is 4.79 Å². The first-order chi connectivity index (χ1) is 16.1. The maximum absolute atomic E-state index is 12.3. The van der Waals surface area contributed by atoms with Gasteiger partial charge in [0, 0.05) is 31.7 Å². The third kappa shape index (κ3) is 5.96. The SMILES string of the molecule is Cc1nn(-c2ccc(N3CCOCC3)nn2)c(C)c1CCC(=O)NCCCc1ccccc1. The van der Waals surface area contributed by atoms with Gasteiger partial charge in [-0.15, -0.1) is 10.2 Å². The minimum Gasteiger partial charge on any atom is -0.378 e. The highest BCUT2D eigenvalue weighted by atomic mass is 16.5. The maximum Gasteiger partial charge on any atom is 0.220 e. The second-order valence-electron chi connectivity index (χ2n) is 8.35. The molecule has 4 rings (SSSR count). The van der Waals surface area contributed by atoms with Crippen molar-refractivity contribution in [2.75, 3.05) is 37.7 Å². The van der Waals surface area contributed by atoms with Crippen LogP contribution in [0.3, 0.4) is 0 Å². The zero-order valence-corrected chi connectivity index (χ0v) is 19.5. The van der Waals surface area contributed by atoms with Gasteiger partial charge in [0.15, 0.2) is 11.6 Å². The van der Waals surface area contributed by atoms with Crippen LogP contribution in [0.2, 0.25) is 0 Å². The lowest BCUT2D eigenvalue weighted by Crippen LogP contribution is -2.36. The van der Waals surface area contributed by atoms with Gasteiger partial charge in [-0.3, -0.25) is 4.79 Å². The smallest absolute Gasteiger partial charge is 0.220 e. The van der Waals surface area contributed by atoms with E-state index >= 15 is 0 Å². The van der Waals surface area contributed by atoms with Crippen LogP contribution in [-0.4, -0.2) is 58.7 Å². The highest BCUT2D eigenvalue weighted by molar-refractivity contribution is 5.76. The molecule has 3 heterocycles. The fourth-order valence-corrected chi connectivity index (χ4v) is 4.14. The summed E-state index contributed by atoms with van der Waals surface area (Å²) in [4.78, 5) is 14.5. The zero-order valence-electron chi connectivity index (χ0n) is 19.5. The molecular weight excluding hydrogens is 416 g/mol. The number of nitrogens with one attached hydrogen (secondary N) is 1. The molecule has 2 aromatic heterocycles. The Morgan fingerprint density at radius 2 is 1.73 bits per heavy atom. The van der Waals surface area contributed by atoms with Gasteiger partial charge < -0.3 is 15.0 Å². The van der Waals surface area contributed by atoms with E-state index in [1.165, 1.54) is 5.56 Å². The lowest BCUT2D eigenvalue weighted by molar-refractivity contribution is -0.121. The summed E-state index contributed by atoms with van der Waals surface area (Å²) in [6, 6.07) is 14.3. The maximum atomic E-state index is 12.3. The Balaban J connectivity index is 1.29. The number of benzene rings is 1. The van der Waals surface area contributed by atoms with Crippen LogP contribution in [-0.2, 0) is 22.4 Å². The summed E-state index contributed by atoms with van der Waals surface area (Å²) in [5, 5.41) is 16.5. The molecule has 8 heteroatoms. The van der Waals surface area contributed by atoms with Crippen molar-refractivity contribution < 1.29 is 9.53 Å². The average molecular weight is 449 g/mol. The Morgan fingerprint density at radius 3 is 2.45 bits per heavy atom. The summed E-state index contributed by atoms with van der Waals surface area (Å²) in [7, 11) is 0. The number of anilines is 1. The Bertz CT molecular complexity index is 1040. The van der Waals surface area contributed by atoms with Gasteiger partial charge in [0.1, 0.15) is 0 Å². The third-order valence-corrected chi connectivity index (χ3v) is 6.04. The molecule has 8 nitrogen and oxygen atoms in total. The normalized spacial score (nSPS) is 13.8. The molecule has 0 bridgehead atoms. The zero-order chi connectivity index (χ0) is 23.0. The molecule has 1 aliphatic rings. The molecular formula is C25H32N6O2. The monoisotopic (exact) mass is 448 g/mol. The fraction of sp³-hybridized carbons (Fsp3) is 0.440. The van der Waals surface area contributed by atoms with E-state index in [1.807, 2.05) is 48.9 Å². The number of aryl methyl sites for hydroxylation is 2. The van der Waals surface area contributed by atoms with Crippen LogP contribution < -0.4 is 10.2 Å². The summed E-state index contributed by atoms with van der Waals surface area (Å²) in [6.07, 6.45) is 3.00. The first-order valence-corrected chi connectivity index (χ1v) is 11.6. The quantitative estimate of drug-likeness (QED) is 0.507. The van der Waals surface area contributed by atoms with E-state index in [2.05, 4.69) is 37.6 Å². The molecule has 0 aliphatic carbocycles. The van der Waals surface area contributed by atoms with Gasteiger partial charge in [-0.25, -0.2) is 4.68 Å². The standard InChI is InChI=1S/C25H32N6O2/c1-19-22(10-13-25(32)26-14-6-9-21-7-4-3-5-8-21)20(2)31(29-19)24-12-11-23(27-28-24)30-15-17-33-18-16-30/h3-5,7-8,11-12H,6,9-10,13-18H2,1-2H3,(H,26,32). The lowest BCUT2D eigenvalue weighted by atomic mass is 10.1. The van der Waals surface area contributed by atoms with Crippen LogP contribution >= 0.6 is 0 Å². The van der Waals surface area contributed by atoms with Crippen molar-refractivity contribution >= 4 is 11.7 Å². The minimum absolute atomic E-state index is 0.0734. The first kappa shape index (κ1) is 22.9. The van der Waals surface area contributed by atoms with Crippen molar-refractivity contribution in [3.05, 3.63) is 65.0 Å². The third-order valence-electron chi connectivity index (χ3n) is 6.04. The van der Waals surface area contributed by atoms with E-state index in [0.29, 0.717) is 38.4 Å². The van der Waals surface area contributed by atoms with Crippen LogP contribution in [0.5, 0.6) is 0 Å². The fourth-order valence-electron chi connectivity index (χ4n) is 4.14. The highest BCUT2D eigenvalue weighted by Gasteiger charge is 2.17. The van der Waals surface area contributed by atoms with Crippen molar-refractivity contribution in [2.45, 2.75) is 39.5 Å². The second-order valence-corrected chi connectivity index (χ2v) is 8.35. The predicted molar refractivity (Wildman–Crippen MR) is 128 cm³/mol. The topological polar surface area (TPSA) is 85.2 Å². The number of carbonyl (C=O) groups excluding carboxylic acids is 1. The number of hydrogen-bond donors (Lipinski definition) is 1. The largest absolute Gasteiger partial charge is 0.378 e. The molecule has 0 saturated carbocycles. The molecule has 0 radical (unpaired) electrons. The van der Waals surface area contributed by atoms with E-state index in [0.717, 1.165) is 48.7 Å². The van der Waals surface area contributed by atoms with Crippen molar-refractivity contribution in [2.24, 2.45) is 0 Å². The summed E-state index contributed by atoms with van der Waals surface area (Å²) in [5.74, 6) is 1.61. The predicted octanol–water partition coefficient (Wildman–Crippen LogP) is 2.80. The Labute approximate surface area is 195 Å². The van der Waals surface area contributed by atoms with Crippen LogP contribution in [0.15, 0.2) is 42.5 Å². The molecule has 1 amide bonds. The van der Waals surface area contributed by atoms with Crippen molar-refractivity contribution in [3.63, 3.8) is 0 Å². The van der Waals surface area contributed by atoms with E-state index < -0.39 is 0 Å². The van der Waals surface area contributed by atoms with Crippen LogP contribution in [0.4, 0.5) is 5.82 Å². The van der Waals surface area contributed by atoms with Gasteiger partial charge in [-0.2, -0.15) is 5.10 Å². The number of aromatic nitrogens is 4. The first-order valence-electron chi connectivity index (χ1n) is 11.6. The van der Waals surface area contributed by atoms with Crippen molar-refractivity contribution in [1.29, 1.82) is 0 Å². The van der Waals surface area contributed by atoms with Crippen LogP contribution in [0.25, 0.3) is 5.82 Å². The van der Waals surface area contributed by atoms with Gasteiger partial charge in [-0.05, 0) is 56.4 Å². The number of amides is 1. The molecule has 1 aliphatic heterocycles.